The van der Waals surface area contributed by atoms with Crippen LogP contribution in [0.25, 0.3) is 22.3 Å². The van der Waals surface area contributed by atoms with E-state index in [2.05, 4.69) is 33.1 Å². The van der Waals surface area contributed by atoms with Crippen LogP contribution in [0.5, 0.6) is 0 Å². The Bertz CT molecular complexity index is 2150. The first-order valence-corrected chi connectivity index (χ1v) is 20.0. The minimum atomic E-state index is -1.40. The summed E-state index contributed by atoms with van der Waals surface area (Å²) in [5, 5.41) is 8.26. The molecule has 2 aliphatic rings. The minimum Gasteiger partial charge on any atom is -0.458 e. The number of fused-ring (bicyclic) bond motifs is 6. The largest absolute Gasteiger partial charge is 0.458 e. The topological polar surface area (TPSA) is 154 Å². The number of nitrogens with zero attached hydrogens (tertiary/aromatic N) is 1. The second-order valence-electron chi connectivity index (χ2n) is 16.9. The van der Waals surface area contributed by atoms with E-state index in [-0.39, 0.29) is 37.3 Å². The summed E-state index contributed by atoms with van der Waals surface area (Å²) < 4.78 is 22.8. The molecule has 310 valence electrons. The summed E-state index contributed by atoms with van der Waals surface area (Å²) in [4.78, 5) is 58.4. The molecule has 5 aromatic rings. The zero-order valence-corrected chi connectivity index (χ0v) is 34.6. The Hall–Kier alpha value is -6.69. The van der Waals surface area contributed by atoms with E-state index in [1.54, 1.807) is 59.7 Å². The third-order valence-electron chi connectivity index (χ3n) is 10.1. The van der Waals surface area contributed by atoms with Gasteiger partial charge in [-0.05, 0) is 98.2 Å². The van der Waals surface area contributed by atoms with Gasteiger partial charge in [0.2, 0.25) is 6.17 Å². The third kappa shape index (κ3) is 9.77. The van der Waals surface area contributed by atoms with Crippen LogP contribution in [0.3, 0.4) is 0 Å². The summed E-state index contributed by atoms with van der Waals surface area (Å²) in [5.74, 6) is -1.63. The molecule has 0 unspecified atom stereocenters. The van der Waals surface area contributed by atoms with Gasteiger partial charge in [0.05, 0.1) is 0 Å². The normalized spacial score (nSPS) is 14.0. The van der Waals surface area contributed by atoms with Gasteiger partial charge in [0, 0.05) is 24.0 Å². The summed E-state index contributed by atoms with van der Waals surface area (Å²) in [7, 11) is 0. The molecule has 7 rings (SSSR count). The molecule has 1 aromatic heterocycles. The fourth-order valence-electron chi connectivity index (χ4n) is 7.65. The Labute approximate surface area is 350 Å². The highest BCUT2D eigenvalue weighted by Crippen LogP contribution is 2.45. The fourth-order valence-corrected chi connectivity index (χ4v) is 7.65. The zero-order valence-electron chi connectivity index (χ0n) is 34.6. The van der Waals surface area contributed by atoms with Crippen LogP contribution in [0.4, 0.5) is 15.4 Å². The van der Waals surface area contributed by atoms with Gasteiger partial charge >= 0.3 is 24.1 Å². The molecule has 1 heterocycles. The Kier molecular flexibility index (Phi) is 11.9. The first kappa shape index (κ1) is 41.5. The van der Waals surface area contributed by atoms with Crippen molar-refractivity contribution >= 4 is 29.9 Å². The summed E-state index contributed by atoms with van der Waals surface area (Å²) in [6.45, 7) is 10.4. The molecule has 4 aromatic carbocycles. The standard InChI is InChI=1S/C48H50N4O8/c1-47(2,3)59-43(53)40(50-45(55)57-27-38-34-21-11-7-17-30(34)31-18-8-12-22-35(31)38)26-29-16-15-25-41(49-29)51-42(44(54)60-48(4,5)6)52-46(56)58-28-39-36-23-13-9-19-32(36)33-20-10-14-24-37(33)39/h7-25,38-40,42H,26-28H2,1-6H3,(H,49,51)(H,50,55)(H,52,56)/t40-,42+/m0/s1. The van der Waals surface area contributed by atoms with Crippen molar-refractivity contribution in [3.8, 4) is 22.3 Å². The number of hydrogen-bond acceptors (Lipinski definition) is 10. The van der Waals surface area contributed by atoms with Crippen LogP contribution in [-0.2, 0) is 35.0 Å². The number of aromatic nitrogens is 1. The van der Waals surface area contributed by atoms with Gasteiger partial charge in [0.1, 0.15) is 36.3 Å². The van der Waals surface area contributed by atoms with Crippen LogP contribution in [0.2, 0.25) is 0 Å². The van der Waals surface area contributed by atoms with Crippen LogP contribution >= 0.6 is 0 Å². The summed E-state index contributed by atoms with van der Waals surface area (Å²) in [6, 6.07) is 35.8. The average Bonchev–Trinajstić information content (AvgIpc) is 3.70. The van der Waals surface area contributed by atoms with Gasteiger partial charge in [0.25, 0.3) is 0 Å². The molecule has 12 nitrogen and oxygen atoms in total. The molecule has 2 atom stereocenters. The molecule has 2 amide bonds. The van der Waals surface area contributed by atoms with Gasteiger partial charge in [-0.15, -0.1) is 0 Å². The molecule has 60 heavy (non-hydrogen) atoms. The average molecular weight is 811 g/mol. The van der Waals surface area contributed by atoms with Crippen LogP contribution < -0.4 is 16.0 Å². The van der Waals surface area contributed by atoms with Crippen molar-refractivity contribution in [2.45, 2.75) is 83.2 Å². The Morgan fingerprint density at radius 1 is 0.550 bits per heavy atom. The first-order valence-electron chi connectivity index (χ1n) is 20.0. The second kappa shape index (κ2) is 17.3. The highest BCUT2D eigenvalue weighted by atomic mass is 16.6. The van der Waals surface area contributed by atoms with Gasteiger partial charge in [-0.1, -0.05) is 103 Å². The lowest BCUT2D eigenvalue weighted by molar-refractivity contribution is -0.158. The molecule has 0 bridgehead atoms. The van der Waals surface area contributed by atoms with Crippen LogP contribution in [-0.4, -0.2) is 65.7 Å². The van der Waals surface area contributed by atoms with Crippen LogP contribution in [0, 0.1) is 0 Å². The van der Waals surface area contributed by atoms with Crippen molar-refractivity contribution in [1.82, 2.24) is 15.6 Å². The molecule has 0 saturated heterocycles. The van der Waals surface area contributed by atoms with E-state index >= 15 is 0 Å². The SMILES string of the molecule is CC(C)(C)OC(=O)[C@@H](NC(=O)OCC1c2ccccc2-c2ccccc21)Nc1cccc(C[C@H](NC(=O)OCC2c3ccccc3-c3ccccc32)C(=O)OC(C)(C)C)n1. The number of ether oxygens (including phenoxy) is 4. The molecule has 0 aliphatic heterocycles. The molecular formula is C48H50N4O8. The van der Waals surface area contributed by atoms with Gasteiger partial charge < -0.3 is 29.6 Å². The van der Waals surface area contributed by atoms with Crippen LogP contribution in [0.15, 0.2) is 115 Å². The molecular weight excluding hydrogens is 761 g/mol. The Balaban J connectivity index is 1.03. The number of rotatable bonds is 12. The number of carbonyl (C=O) groups is 4. The van der Waals surface area contributed by atoms with Crippen molar-refractivity contribution in [1.29, 1.82) is 0 Å². The highest BCUT2D eigenvalue weighted by Gasteiger charge is 2.34. The Morgan fingerprint density at radius 2 is 0.967 bits per heavy atom. The molecule has 3 N–H and O–H groups in total. The maximum atomic E-state index is 13.5. The van der Waals surface area contributed by atoms with E-state index in [9.17, 15) is 19.2 Å². The van der Waals surface area contributed by atoms with Gasteiger partial charge in [0.15, 0.2) is 0 Å². The van der Waals surface area contributed by atoms with E-state index < -0.39 is 47.5 Å². The number of alkyl carbamates (subject to hydrolysis) is 2. The number of esters is 2. The van der Waals surface area contributed by atoms with Crippen molar-refractivity contribution < 1.29 is 38.1 Å². The third-order valence-corrected chi connectivity index (χ3v) is 10.1. The summed E-state index contributed by atoms with van der Waals surface area (Å²) >= 11 is 0. The lowest BCUT2D eigenvalue weighted by atomic mass is 9.98. The smallest absolute Gasteiger partial charge is 0.409 e. The van der Waals surface area contributed by atoms with E-state index in [0.717, 1.165) is 44.5 Å². The maximum absolute atomic E-state index is 13.5. The second-order valence-corrected chi connectivity index (χ2v) is 16.9. The lowest BCUT2D eigenvalue weighted by Crippen LogP contribution is -2.49. The van der Waals surface area contributed by atoms with Crippen molar-refractivity contribution in [3.05, 3.63) is 143 Å². The number of carbonyl (C=O) groups excluding carboxylic acids is 4. The fraction of sp³-hybridized carbons (Fsp3) is 0.312. The predicted molar refractivity (Wildman–Crippen MR) is 227 cm³/mol. The molecule has 0 fully saturated rings. The minimum absolute atomic E-state index is 0.0391. The van der Waals surface area contributed by atoms with Crippen molar-refractivity contribution in [2.24, 2.45) is 0 Å². The van der Waals surface area contributed by atoms with Crippen molar-refractivity contribution in [2.75, 3.05) is 18.5 Å². The molecule has 0 saturated carbocycles. The van der Waals surface area contributed by atoms with Crippen LogP contribution in [0.1, 0.15) is 81.3 Å². The number of amides is 2. The van der Waals surface area contributed by atoms with E-state index in [1.807, 2.05) is 84.9 Å². The van der Waals surface area contributed by atoms with E-state index in [0.29, 0.717) is 5.69 Å². The Morgan fingerprint density at radius 3 is 1.42 bits per heavy atom. The molecule has 0 radical (unpaired) electrons. The number of anilines is 1. The predicted octanol–water partition coefficient (Wildman–Crippen LogP) is 8.49. The maximum Gasteiger partial charge on any atom is 0.409 e. The summed E-state index contributed by atoms with van der Waals surface area (Å²) in [5.41, 5.74) is 7.22. The number of hydrogen-bond donors (Lipinski definition) is 3. The van der Waals surface area contributed by atoms with E-state index in [1.165, 1.54) is 0 Å². The van der Waals surface area contributed by atoms with Crippen molar-refractivity contribution in [3.63, 3.8) is 0 Å². The first-order chi connectivity index (χ1) is 28.6. The molecule has 12 heteroatoms. The lowest BCUT2D eigenvalue weighted by Gasteiger charge is -2.26. The quantitative estimate of drug-likeness (QED) is 0.0635. The monoisotopic (exact) mass is 810 g/mol. The molecule has 0 spiro atoms. The number of nitrogens with one attached hydrogen (secondary N) is 3. The van der Waals surface area contributed by atoms with E-state index in [4.69, 9.17) is 18.9 Å². The number of pyridine rings is 1. The molecule has 2 aliphatic carbocycles. The van der Waals surface area contributed by atoms with Gasteiger partial charge in [-0.2, -0.15) is 0 Å². The zero-order chi connectivity index (χ0) is 42.6. The van der Waals surface area contributed by atoms with Gasteiger partial charge in [-0.3, -0.25) is 5.32 Å². The highest BCUT2D eigenvalue weighted by molar-refractivity contribution is 5.85. The summed E-state index contributed by atoms with van der Waals surface area (Å²) in [6.07, 6.45) is -3.11. The van der Waals surface area contributed by atoms with Gasteiger partial charge in [-0.25, -0.2) is 24.2 Å². The number of benzene rings is 4.